The predicted octanol–water partition coefficient (Wildman–Crippen LogP) is 1.63. The van der Waals surface area contributed by atoms with Crippen molar-refractivity contribution in [1.82, 2.24) is 19.5 Å². The topological polar surface area (TPSA) is 56.1 Å². The molecule has 1 atom stereocenters. The van der Waals surface area contributed by atoms with Crippen LogP contribution in [0.4, 0.5) is 5.82 Å². The van der Waals surface area contributed by atoms with E-state index >= 15 is 0 Å². The van der Waals surface area contributed by atoms with Crippen molar-refractivity contribution in [2.45, 2.75) is 19.4 Å². The predicted molar refractivity (Wildman–Crippen MR) is 73.6 cm³/mol. The van der Waals surface area contributed by atoms with Gasteiger partial charge < -0.3 is 14.2 Å². The third-order valence-corrected chi connectivity index (χ3v) is 3.67. The summed E-state index contributed by atoms with van der Waals surface area (Å²) >= 11 is 6.01. The largest absolute Gasteiger partial charge is 0.377 e. The molecular weight excluding hydrogens is 266 g/mol. The third kappa shape index (κ3) is 2.15. The Morgan fingerprint density at radius 3 is 3.11 bits per heavy atom. The summed E-state index contributed by atoms with van der Waals surface area (Å²) in [5.41, 5.74) is 1.56. The maximum Gasteiger partial charge on any atom is 0.226 e. The van der Waals surface area contributed by atoms with Gasteiger partial charge in [-0.15, -0.1) is 0 Å². The van der Waals surface area contributed by atoms with E-state index < -0.39 is 0 Å². The fourth-order valence-corrected chi connectivity index (χ4v) is 2.64. The second-order valence-electron chi connectivity index (χ2n) is 4.67. The standard InChI is InChI=1S/C12H16ClN5O/c1-3-8-6-19-5-4-18(8)11-9-10(14-7-17(9)2)15-12(13)16-11/h7-8H,3-6H2,1-2H3. The number of aromatic nitrogens is 4. The number of imidazole rings is 1. The first-order chi connectivity index (χ1) is 9.20. The van der Waals surface area contributed by atoms with Crippen LogP contribution < -0.4 is 4.90 Å². The maximum atomic E-state index is 6.01. The number of hydrogen-bond donors (Lipinski definition) is 0. The van der Waals surface area contributed by atoms with Gasteiger partial charge in [-0.25, -0.2) is 4.98 Å². The quantitative estimate of drug-likeness (QED) is 0.783. The molecule has 2 aromatic heterocycles. The van der Waals surface area contributed by atoms with E-state index in [-0.39, 0.29) is 5.28 Å². The molecule has 19 heavy (non-hydrogen) atoms. The molecule has 1 aliphatic heterocycles. The number of anilines is 1. The molecule has 3 rings (SSSR count). The molecule has 0 radical (unpaired) electrons. The fraction of sp³-hybridized carbons (Fsp3) is 0.583. The lowest BCUT2D eigenvalue weighted by atomic mass is 10.1. The molecule has 2 aromatic rings. The first-order valence-corrected chi connectivity index (χ1v) is 6.77. The highest BCUT2D eigenvalue weighted by Gasteiger charge is 2.26. The van der Waals surface area contributed by atoms with E-state index in [1.54, 1.807) is 6.33 Å². The highest BCUT2D eigenvalue weighted by Crippen LogP contribution is 2.27. The second kappa shape index (κ2) is 4.94. The Morgan fingerprint density at radius 1 is 1.47 bits per heavy atom. The van der Waals surface area contributed by atoms with Crippen LogP contribution >= 0.6 is 11.6 Å². The highest BCUT2D eigenvalue weighted by molar-refractivity contribution is 6.28. The number of morpholine rings is 1. The normalized spacial score (nSPS) is 20.2. The molecule has 6 nitrogen and oxygen atoms in total. The molecule has 1 saturated heterocycles. The van der Waals surface area contributed by atoms with Crippen molar-refractivity contribution in [2.24, 2.45) is 7.05 Å². The van der Waals surface area contributed by atoms with Crippen LogP contribution in [0.1, 0.15) is 13.3 Å². The molecule has 0 N–H and O–H groups in total. The van der Waals surface area contributed by atoms with E-state index in [0.29, 0.717) is 18.3 Å². The fourth-order valence-electron chi connectivity index (χ4n) is 2.48. The van der Waals surface area contributed by atoms with E-state index in [2.05, 4.69) is 26.8 Å². The van der Waals surface area contributed by atoms with Crippen molar-refractivity contribution in [3.8, 4) is 0 Å². The van der Waals surface area contributed by atoms with Crippen LogP contribution in [-0.4, -0.2) is 45.3 Å². The Balaban J connectivity index is 2.14. The molecule has 0 amide bonds. The smallest absolute Gasteiger partial charge is 0.226 e. The van der Waals surface area contributed by atoms with Crippen LogP contribution in [0.2, 0.25) is 5.28 Å². The lowest BCUT2D eigenvalue weighted by molar-refractivity contribution is 0.0927. The number of aryl methyl sites for hydroxylation is 1. The summed E-state index contributed by atoms with van der Waals surface area (Å²) in [5, 5.41) is 0.238. The SMILES string of the molecule is CCC1COCCN1c1nc(Cl)nc2ncn(C)c12. The molecule has 1 unspecified atom stereocenters. The van der Waals surface area contributed by atoms with Crippen molar-refractivity contribution in [3.63, 3.8) is 0 Å². The molecule has 0 aliphatic carbocycles. The molecule has 1 fully saturated rings. The lowest BCUT2D eigenvalue weighted by Gasteiger charge is -2.36. The Kier molecular flexibility index (Phi) is 3.28. The first kappa shape index (κ1) is 12.6. The number of nitrogens with zero attached hydrogens (tertiary/aromatic N) is 5. The van der Waals surface area contributed by atoms with Crippen LogP contribution in [-0.2, 0) is 11.8 Å². The van der Waals surface area contributed by atoms with Gasteiger partial charge >= 0.3 is 0 Å². The number of hydrogen-bond acceptors (Lipinski definition) is 5. The molecule has 3 heterocycles. The van der Waals surface area contributed by atoms with E-state index in [9.17, 15) is 0 Å². The highest BCUT2D eigenvalue weighted by atomic mass is 35.5. The van der Waals surface area contributed by atoms with Crippen LogP contribution in [0.3, 0.4) is 0 Å². The zero-order chi connectivity index (χ0) is 13.4. The van der Waals surface area contributed by atoms with Crippen molar-refractivity contribution in [3.05, 3.63) is 11.6 Å². The summed E-state index contributed by atoms with van der Waals surface area (Å²) in [6, 6.07) is 0.317. The average molecular weight is 282 g/mol. The van der Waals surface area contributed by atoms with Gasteiger partial charge in [0.15, 0.2) is 11.5 Å². The van der Waals surface area contributed by atoms with E-state index in [1.807, 2.05) is 11.6 Å². The van der Waals surface area contributed by atoms with Gasteiger partial charge in [-0.3, -0.25) is 0 Å². The zero-order valence-electron chi connectivity index (χ0n) is 11.0. The van der Waals surface area contributed by atoms with Gasteiger partial charge in [-0.05, 0) is 18.0 Å². The Morgan fingerprint density at radius 2 is 2.32 bits per heavy atom. The summed E-state index contributed by atoms with van der Waals surface area (Å²) in [6.45, 7) is 4.39. The zero-order valence-corrected chi connectivity index (χ0v) is 11.8. The molecular formula is C12H16ClN5O. The summed E-state index contributed by atoms with van der Waals surface area (Å²) in [5.74, 6) is 0.852. The minimum atomic E-state index is 0.238. The van der Waals surface area contributed by atoms with Gasteiger partial charge in [0.05, 0.1) is 25.6 Å². The summed E-state index contributed by atoms with van der Waals surface area (Å²) in [4.78, 5) is 15.1. The summed E-state index contributed by atoms with van der Waals surface area (Å²) in [7, 11) is 1.94. The molecule has 7 heteroatoms. The second-order valence-corrected chi connectivity index (χ2v) is 5.01. The van der Waals surface area contributed by atoms with Crippen molar-refractivity contribution < 1.29 is 4.74 Å². The van der Waals surface area contributed by atoms with Crippen molar-refractivity contribution in [1.29, 1.82) is 0 Å². The number of fused-ring (bicyclic) bond motifs is 1. The van der Waals surface area contributed by atoms with E-state index in [0.717, 1.165) is 30.9 Å². The molecule has 0 spiro atoms. The van der Waals surface area contributed by atoms with Crippen molar-refractivity contribution in [2.75, 3.05) is 24.7 Å². The molecule has 0 aromatic carbocycles. The van der Waals surface area contributed by atoms with Gasteiger partial charge in [0.2, 0.25) is 5.28 Å². The molecule has 0 saturated carbocycles. The first-order valence-electron chi connectivity index (χ1n) is 6.39. The van der Waals surface area contributed by atoms with Crippen molar-refractivity contribution >= 4 is 28.6 Å². The Hall–Kier alpha value is -1.40. The summed E-state index contributed by atoms with van der Waals surface area (Å²) in [6.07, 6.45) is 2.74. The lowest BCUT2D eigenvalue weighted by Crippen LogP contribution is -2.45. The molecule has 1 aliphatic rings. The van der Waals surface area contributed by atoms with Crippen LogP contribution in [0, 0.1) is 0 Å². The minimum absolute atomic E-state index is 0.238. The third-order valence-electron chi connectivity index (χ3n) is 3.50. The van der Waals surface area contributed by atoms with Gasteiger partial charge in [0, 0.05) is 13.6 Å². The van der Waals surface area contributed by atoms with Crippen LogP contribution in [0.5, 0.6) is 0 Å². The van der Waals surface area contributed by atoms with E-state index in [4.69, 9.17) is 16.3 Å². The van der Waals surface area contributed by atoms with Crippen LogP contribution in [0.15, 0.2) is 6.33 Å². The van der Waals surface area contributed by atoms with Gasteiger partial charge in [-0.2, -0.15) is 9.97 Å². The van der Waals surface area contributed by atoms with Gasteiger partial charge in [0.25, 0.3) is 0 Å². The minimum Gasteiger partial charge on any atom is -0.377 e. The maximum absolute atomic E-state index is 6.01. The van der Waals surface area contributed by atoms with Gasteiger partial charge in [0.1, 0.15) is 5.52 Å². The molecule has 102 valence electrons. The number of halogens is 1. The summed E-state index contributed by atoms with van der Waals surface area (Å²) < 4.78 is 7.47. The Bertz CT molecular complexity index is 599. The Labute approximate surface area is 116 Å². The van der Waals surface area contributed by atoms with Gasteiger partial charge in [-0.1, -0.05) is 6.92 Å². The van der Waals surface area contributed by atoms with Crippen LogP contribution in [0.25, 0.3) is 11.2 Å². The average Bonchev–Trinajstić information content (AvgIpc) is 2.79. The number of ether oxygens (including phenoxy) is 1. The number of rotatable bonds is 2. The molecule has 0 bridgehead atoms. The van der Waals surface area contributed by atoms with E-state index in [1.165, 1.54) is 0 Å². The monoisotopic (exact) mass is 281 g/mol.